The van der Waals surface area contributed by atoms with Crippen LogP contribution in [0.5, 0.6) is 28.7 Å². The van der Waals surface area contributed by atoms with Gasteiger partial charge in [-0.2, -0.15) is 0 Å². The van der Waals surface area contributed by atoms with Crippen LogP contribution in [0.15, 0.2) is 128 Å². The Kier molecular flexibility index (Phi) is 20.9. The maximum absolute atomic E-state index is 11.8. The highest BCUT2D eigenvalue weighted by Crippen LogP contribution is 2.31. The third-order valence-electron chi connectivity index (χ3n) is 10.0. The molecule has 1 N–H and O–H groups in total. The van der Waals surface area contributed by atoms with Crippen molar-refractivity contribution in [3.05, 3.63) is 128 Å². The Labute approximate surface area is 405 Å². The van der Waals surface area contributed by atoms with Gasteiger partial charge in [0, 0.05) is 46.6 Å². The number of hydrogen-bond donors (Lipinski definition) is 1. The first-order valence-electron chi connectivity index (χ1n) is 23.4. The lowest BCUT2D eigenvalue weighted by atomic mass is 10.1. The third-order valence-corrected chi connectivity index (χ3v) is 10.0. The number of fused-ring (bicyclic) bond motifs is 3. The minimum absolute atomic E-state index is 0.302. The molecule has 69 heavy (non-hydrogen) atoms. The number of ether oxygens (including phenoxy) is 10. The third kappa shape index (κ3) is 18.0. The zero-order chi connectivity index (χ0) is 48.5. The van der Waals surface area contributed by atoms with Crippen molar-refractivity contribution in [1.82, 2.24) is 15.3 Å². The fourth-order valence-corrected chi connectivity index (χ4v) is 6.69. The quantitative estimate of drug-likeness (QED) is 0.0251. The van der Waals surface area contributed by atoms with Crippen LogP contribution in [0.1, 0.15) is 33.6 Å². The van der Waals surface area contributed by atoms with Crippen molar-refractivity contribution in [3.63, 3.8) is 0 Å². The second-order valence-electron chi connectivity index (χ2n) is 16.6. The van der Waals surface area contributed by atoms with Crippen molar-refractivity contribution in [2.24, 2.45) is 0 Å². The molecule has 0 saturated carbocycles. The van der Waals surface area contributed by atoms with Crippen LogP contribution < -0.4 is 29.0 Å². The highest BCUT2D eigenvalue weighted by molar-refractivity contribution is 6.04. The highest BCUT2D eigenvalue weighted by atomic mass is 16.6. The summed E-state index contributed by atoms with van der Waals surface area (Å²) in [7, 11) is 0. The number of nitrogens with zero attached hydrogens (tertiary/aromatic N) is 2. The van der Waals surface area contributed by atoms with Crippen molar-refractivity contribution >= 4 is 27.9 Å². The largest absolute Gasteiger partial charge is 0.493 e. The molecule has 0 bridgehead atoms. The fourth-order valence-electron chi connectivity index (χ4n) is 6.69. The van der Waals surface area contributed by atoms with E-state index in [9.17, 15) is 4.79 Å². The summed E-state index contributed by atoms with van der Waals surface area (Å²) in [5, 5.41) is 4.71. The monoisotopic (exact) mass is 943 g/mol. The molecule has 2 heterocycles. The molecule has 1 amide bonds. The van der Waals surface area contributed by atoms with E-state index in [1.165, 1.54) is 0 Å². The normalized spacial score (nSPS) is 11.3. The maximum atomic E-state index is 11.8. The summed E-state index contributed by atoms with van der Waals surface area (Å²) in [6.07, 6.45) is 4.67. The Bertz CT molecular complexity index is 2510. The van der Waals surface area contributed by atoms with Crippen LogP contribution in [0.4, 0.5) is 4.79 Å². The first-order chi connectivity index (χ1) is 33.7. The summed E-state index contributed by atoms with van der Waals surface area (Å²) in [6, 6.07) is 33.7. The summed E-state index contributed by atoms with van der Waals surface area (Å²) in [6.45, 7) is 18.6. The molecule has 0 spiro atoms. The average Bonchev–Trinajstić information content (AvgIpc) is 3.34. The Morgan fingerprint density at radius 2 is 0.841 bits per heavy atom. The molecule has 366 valence electrons. The molecule has 0 atom stereocenters. The van der Waals surface area contributed by atoms with E-state index in [1.807, 2.05) is 93.6 Å². The maximum Gasteiger partial charge on any atom is 0.407 e. The van der Waals surface area contributed by atoms with E-state index < -0.39 is 11.7 Å². The van der Waals surface area contributed by atoms with Crippen LogP contribution in [0, 0.1) is 0 Å². The van der Waals surface area contributed by atoms with E-state index in [1.54, 1.807) is 18.2 Å². The van der Waals surface area contributed by atoms with E-state index in [2.05, 4.69) is 42.7 Å². The predicted molar refractivity (Wildman–Crippen MR) is 269 cm³/mol. The van der Waals surface area contributed by atoms with Gasteiger partial charge in [-0.05, 0) is 94.3 Å². The molecule has 6 rings (SSSR count). The molecule has 0 aliphatic heterocycles. The number of pyridine rings is 2. The van der Waals surface area contributed by atoms with Gasteiger partial charge in [0.2, 0.25) is 0 Å². The van der Waals surface area contributed by atoms with Gasteiger partial charge in [0.05, 0.1) is 88.5 Å². The second kappa shape index (κ2) is 27.9. The number of nitrogens with one attached hydrogen (secondary N) is 1. The molecule has 0 fully saturated rings. The van der Waals surface area contributed by atoms with Gasteiger partial charge in [0.25, 0.3) is 0 Å². The van der Waals surface area contributed by atoms with E-state index in [-0.39, 0.29) is 0 Å². The van der Waals surface area contributed by atoms with Crippen LogP contribution in [-0.2, 0) is 23.7 Å². The molecular weight excluding hydrogens is 879 g/mol. The SMILES string of the molecule is C=CCCOc1ccc(-c2ccc3ccc4ccc(-c5ccc(OCCOCCOCCOCCOc6cc(OCCC=C)cc(OCCOCCNC(=O)OC(C)(C)C)c6)cc5)nc4c3n2)cc1. The van der Waals surface area contributed by atoms with Gasteiger partial charge in [-0.1, -0.05) is 36.4 Å². The van der Waals surface area contributed by atoms with Gasteiger partial charge in [-0.15, -0.1) is 13.2 Å². The molecular formula is C55H65N3O11. The van der Waals surface area contributed by atoms with Gasteiger partial charge in [-0.25, -0.2) is 14.8 Å². The van der Waals surface area contributed by atoms with Crippen molar-refractivity contribution in [1.29, 1.82) is 0 Å². The molecule has 2 aromatic heterocycles. The minimum Gasteiger partial charge on any atom is -0.493 e. The zero-order valence-electron chi connectivity index (χ0n) is 40.1. The average molecular weight is 944 g/mol. The van der Waals surface area contributed by atoms with E-state index in [0.717, 1.165) is 62.2 Å². The van der Waals surface area contributed by atoms with Crippen LogP contribution in [0.2, 0.25) is 0 Å². The minimum atomic E-state index is -0.553. The van der Waals surface area contributed by atoms with Crippen LogP contribution in [0.3, 0.4) is 0 Å². The Morgan fingerprint density at radius 1 is 0.478 bits per heavy atom. The van der Waals surface area contributed by atoms with Crippen LogP contribution in [0.25, 0.3) is 44.3 Å². The van der Waals surface area contributed by atoms with Gasteiger partial charge in [0.1, 0.15) is 54.2 Å². The molecule has 0 radical (unpaired) electrons. The molecule has 6 aromatic rings. The zero-order valence-corrected chi connectivity index (χ0v) is 40.1. The molecule has 14 nitrogen and oxygen atoms in total. The van der Waals surface area contributed by atoms with Crippen molar-refractivity contribution < 1.29 is 52.2 Å². The lowest BCUT2D eigenvalue weighted by Crippen LogP contribution is -2.34. The number of carbonyl (C=O) groups excluding carboxylic acids is 1. The Hall–Kier alpha value is -6.71. The molecule has 4 aromatic carbocycles. The molecule has 0 aliphatic rings. The number of hydrogen-bond acceptors (Lipinski definition) is 13. The van der Waals surface area contributed by atoms with Gasteiger partial charge < -0.3 is 52.7 Å². The first-order valence-corrected chi connectivity index (χ1v) is 23.4. The van der Waals surface area contributed by atoms with Gasteiger partial charge in [-0.3, -0.25) is 0 Å². The van der Waals surface area contributed by atoms with Crippen LogP contribution in [-0.4, -0.2) is 114 Å². The topological polar surface area (TPSA) is 147 Å². The number of carbonyl (C=O) groups is 1. The summed E-state index contributed by atoms with van der Waals surface area (Å²) in [5.74, 6) is 3.36. The summed E-state index contributed by atoms with van der Waals surface area (Å²) in [5.41, 5.74) is 4.87. The van der Waals surface area contributed by atoms with Gasteiger partial charge >= 0.3 is 6.09 Å². The highest BCUT2D eigenvalue weighted by Gasteiger charge is 2.16. The predicted octanol–water partition coefficient (Wildman–Crippen LogP) is 10.5. The summed E-state index contributed by atoms with van der Waals surface area (Å²) in [4.78, 5) is 21.9. The number of aromatic nitrogens is 2. The first kappa shape index (κ1) is 51.7. The number of benzene rings is 4. The summed E-state index contributed by atoms with van der Waals surface area (Å²) >= 11 is 0. The number of rotatable bonds is 31. The molecule has 0 unspecified atom stereocenters. The van der Waals surface area contributed by atoms with Crippen molar-refractivity contribution in [3.8, 4) is 51.3 Å². The lowest BCUT2D eigenvalue weighted by molar-refractivity contribution is 0.00497. The Morgan fingerprint density at radius 3 is 1.26 bits per heavy atom. The van der Waals surface area contributed by atoms with Crippen molar-refractivity contribution in [2.45, 2.75) is 39.2 Å². The number of amides is 1. The second-order valence-corrected chi connectivity index (χ2v) is 16.6. The fraction of sp³-hybridized carbons (Fsp3) is 0.364. The molecule has 14 heteroatoms. The standard InChI is InChI=1S/C55H65N3O11/c1-6-8-25-64-45-18-12-41(13-19-45)50-22-16-43-10-11-44-17-23-51(58-53(44)52(43)57-50)42-14-20-46(21-15-42)66-35-33-62-30-28-61-29-31-63-34-37-68-49-39-47(65-26-9-7-2)38-48(40-49)67-36-32-60-27-24-56-54(59)69-55(3,4)5/h6-7,10-23,38-40H,1-2,8-9,24-37H2,3-5H3,(H,56,59). The van der Waals surface area contributed by atoms with Gasteiger partial charge in [0.15, 0.2) is 0 Å². The van der Waals surface area contributed by atoms with Crippen LogP contribution >= 0.6 is 0 Å². The van der Waals surface area contributed by atoms with E-state index >= 15 is 0 Å². The van der Waals surface area contributed by atoms with E-state index in [0.29, 0.717) is 116 Å². The Balaban J connectivity index is 0.836. The lowest BCUT2D eigenvalue weighted by Gasteiger charge is -2.19. The number of alkyl carbamates (subject to hydrolysis) is 1. The molecule has 0 aliphatic carbocycles. The molecule has 0 saturated heterocycles. The summed E-state index contributed by atoms with van der Waals surface area (Å²) < 4.78 is 57.3. The van der Waals surface area contributed by atoms with Crippen molar-refractivity contribution in [2.75, 3.05) is 92.4 Å². The van der Waals surface area contributed by atoms with E-state index in [4.69, 9.17) is 57.3 Å². The smallest absolute Gasteiger partial charge is 0.407 e.